The molecule has 1 fully saturated rings. The van der Waals surface area contributed by atoms with Crippen molar-refractivity contribution in [2.75, 3.05) is 26.2 Å². The van der Waals surface area contributed by atoms with Crippen molar-refractivity contribution < 1.29 is 9.84 Å². The van der Waals surface area contributed by atoms with Gasteiger partial charge in [-0.3, -0.25) is 4.90 Å². The largest absolute Gasteiger partial charge is 0.492 e. The molecular formula is C29H31ClN2O2. The number of hydrogen-bond acceptors (Lipinski definition) is 4. The molecule has 0 bridgehead atoms. The van der Waals surface area contributed by atoms with E-state index >= 15 is 0 Å². The van der Waals surface area contributed by atoms with E-state index in [0.717, 1.165) is 65.6 Å². The molecule has 0 aliphatic carbocycles. The number of aliphatic hydroxyl groups is 1. The fraction of sp³-hybridized carbons (Fsp3) is 0.345. The fourth-order valence-corrected chi connectivity index (χ4v) is 4.21. The lowest BCUT2D eigenvalue weighted by Crippen LogP contribution is -2.48. The maximum absolute atomic E-state index is 10.6. The Kier molecular flexibility index (Phi) is 7.90. The molecule has 0 unspecified atom stereocenters. The summed E-state index contributed by atoms with van der Waals surface area (Å²) in [6.45, 7) is 7.54. The van der Waals surface area contributed by atoms with E-state index < -0.39 is 5.60 Å². The first-order valence-electron chi connectivity index (χ1n) is 11.8. The van der Waals surface area contributed by atoms with Gasteiger partial charge in [0.05, 0.1) is 5.60 Å². The number of rotatable bonds is 6. The Hall–Kier alpha value is -2.84. The molecule has 34 heavy (non-hydrogen) atoms. The number of benzene rings is 2. The SMILES string of the molecule is CC(C)C1(O)CCN(CCOc2ccc(C#Cc3ccc(-c4ccc(Cl)cc4)cn3)cc2)CC1. The van der Waals surface area contributed by atoms with Crippen molar-refractivity contribution in [2.45, 2.75) is 32.3 Å². The van der Waals surface area contributed by atoms with Crippen molar-refractivity contribution in [3.05, 3.63) is 83.1 Å². The van der Waals surface area contributed by atoms with Crippen LogP contribution in [0.4, 0.5) is 0 Å². The summed E-state index contributed by atoms with van der Waals surface area (Å²) in [7, 11) is 0. The van der Waals surface area contributed by atoms with E-state index in [2.05, 4.69) is 35.6 Å². The van der Waals surface area contributed by atoms with E-state index in [1.165, 1.54) is 0 Å². The Bertz CT molecular complexity index is 1120. The zero-order valence-electron chi connectivity index (χ0n) is 19.8. The Morgan fingerprint density at radius 1 is 0.971 bits per heavy atom. The van der Waals surface area contributed by atoms with Crippen LogP contribution in [0.15, 0.2) is 66.9 Å². The molecule has 0 spiro atoms. The Balaban J connectivity index is 1.25. The molecule has 3 aromatic rings. The predicted octanol–water partition coefficient (Wildman–Crippen LogP) is 5.66. The molecule has 1 aliphatic rings. The molecule has 2 heterocycles. The summed E-state index contributed by atoms with van der Waals surface area (Å²) in [5, 5.41) is 11.3. The Morgan fingerprint density at radius 2 is 1.65 bits per heavy atom. The summed E-state index contributed by atoms with van der Waals surface area (Å²) >= 11 is 5.96. The van der Waals surface area contributed by atoms with Crippen LogP contribution in [0, 0.1) is 17.8 Å². The minimum absolute atomic E-state index is 0.303. The van der Waals surface area contributed by atoms with Gasteiger partial charge in [0.1, 0.15) is 18.1 Å². The van der Waals surface area contributed by atoms with Crippen molar-refractivity contribution >= 4 is 11.6 Å². The fourth-order valence-electron chi connectivity index (χ4n) is 4.09. The van der Waals surface area contributed by atoms with Crippen LogP contribution in [0.2, 0.25) is 5.02 Å². The minimum atomic E-state index is -0.511. The number of piperidine rings is 1. The van der Waals surface area contributed by atoms with Crippen LogP contribution in [0.3, 0.4) is 0 Å². The van der Waals surface area contributed by atoms with Gasteiger partial charge in [0.15, 0.2) is 0 Å². The van der Waals surface area contributed by atoms with E-state index in [-0.39, 0.29) is 0 Å². The predicted molar refractivity (Wildman–Crippen MR) is 138 cm³/mol. The molecule has 0 atom stereocenters. The zero-order chi connectivity index (χ0) is 24.0. The molecule has 1 aliphatic heterocycles. The molecule has 0 saturated carbocycles. The zero-order valence-corrected chi connectivity index (χ0v) is 20.6. The first-order valence-corrected chi connectivity index (χ1v) is 12.2. The highest BCUT2D eigenvalue weighted by molar-refractivity contribution is 6.30. The van der Waals surface area contributed by atoms with Crippen molar-refractivity contribution in [3.63, 3.8) is 0 Å². The van der Waals surface area contributed by atoms with Crippen molar-refractivity contribution in [2.24, 2.45) is 5.92 Å². The van der Waals surface area contributed by atoms with Crippen LogP contribution in [-0.2, 0) is 0 Å². The van der Waals surface area contributed by atoms with E-state index in [1.54, 1.807) is 0 Å². The maximum Gasteiger partial charge on any atom is 0.119 e. The van der Waals surface area contributed by atoms with Crippen molar-refractivity contribution in [3.8, 4) is 28.7 Å². The lowest BCUT2D eigenvalue weighted by molar-refractivity contribution is -0.0576. The molecule has 0 radical (unpaired) electrons. The Labute approximate surface area is 207 Å². The third kappa shape index (κ3) is 6.39. The summed E-state index contributed by atoms with van der Waals surface area (Å²) in [6, 6.07) is 19.5. The van der Waals surface area contributed by atoms with Crippen LogP contribution >= 0.6 is 11.6 Å². The first-order chi connectivity index (χ1) is 16.4. The second-order valence-electron chi connectivity index (χ2n) is 9.16. The topological polar surface area (TPSA) is 45.6 Å². The van der Waals surface area contributed by atoms with Gasteiger partial charge in [-0.2, -0.15) is 0 Å². The molecular weight excluding hydrogens is 444 g/mol. The van der Waals surface area contributed by atoms with E-state index in [1.807, 2.05) is 66.9 Å². The second kappa shape index (κ2) is 11.1. The number of nitrogens with zero attached hydrogens (tertiary/aromatic N) is 2. The van der Waals surface area contributed by atoms with Gasteiger partial charge in [-0.25, -0.2) is 4.98 Å². The third-order valence-corrected chi connectivity index (χ3v) is 6.86. The average molecular weight is 475 g/mol. The summed E-state index contributed by atoms with van der Waals surface area (Å²) in [4.78, 5) is 6.82. The number of ether oxygens (including phenoxy) is 1. The highest BCUT2D eigenvalue weighted by Crippen LogP contribution is 2.29. The minimum Gasteiger partial charge on any atom is -0.492 e. The van der Waals surface area contributed by atoms with Crippen LogP contribution in [0.5, 0.6) is 5.75 Å². The van der Waals surface area contributed by atoms with Crippen LogP contribution in [0.25, 0.3) is 11.1 Å². The van der Waals surface area contributed by atoms with Crippen molar-refractivity contribution in [1.29, 1.82) is 0 Å². The van der Waals surface area contributed by atoms with Gasteiger partial charge in [-0.05, 0) is 72.7 Å². The molecule has 1 aromatic heterocycles. The lowest BCUT2D eigenvalue weighted by atomic mass is 9.81. The summed E-state index contributed by atoms with van der Waals surface area (Å²) in [5.74, 6) is 7.42. The normalized spacial score (nSPS) is 15.6. The van der Waals surface area contributed by atoms with Gasteiger partial charge in [0.25, 0.3) is 0 Å². The molecule has 176 valence electrons. The highest BCUT2D eigenvalue weighted by Gasteiger charge is 2.34. The smallest absolute Gasteiger partial charge is 0.119 e. The van der Waals surface area contributed by atoms with Crippen LogP contribution in [0.1, 0.15) is 37.9 Å². The quantitative estimate of drug-likeness (QED) is 0.468. The molecule has 2 aromatic carbocycles. The number of halogens is 1. The van der Waals surface area contributed by atoms with Crippen molar-refractivity contribution in [1.82, 2.24) is 9.88 Å². The van der Waals surface area contributed by atoms with Gasteiger partial charge in [0, 0.05) is 42.0 Å². The van der Waals surface area contributed by atoms with Crippen LogP contribution < -0.4 is 4.74 Å². The molecule has 1 saturated heterocycles. The summed E-state index contributed by atoms with van der Waals surface area (Å²) in [6.07, 6.45) is 3.49. The average Bonchev–Trinajstić information content (AvgIpc) is 2.86. The highest BCUT2D eigenvalue weighted by atomic mass is 35.5. The molecule has 4 rings (SSSR count). The number of pyridine rings is 1. The van der Waals surface area contributed by atoms with E-state index in [0.29, 0.717) is 12.5 Å². The standard InChI is InChI=1S/C29H31ClN2O2/c1-22(2)29(33)15-17-32(18-16-29)19-20-34-28-13-4-23(5-14-28)3-11-27-12-8-25(21-31-27)24-6-9-26(30)10-7-24/h4-10,12-14,21-22,33H,15-20H2,1-2H3. The van der Waals surface area contributed by atoms with E-state index in [4.69, 9.17) is 16.3 Å². The first kappa shape index (κ1) is 24.3. The second-order valence-corrected chi connectivity index (χ2v) is 9.60. The van der Waals surface area contributed by atoms with Gasteiger partial charge in [0.2, 0.25) is 0 Å². The van der Waals surface area contributed by atoms with Crippen LogP contribution in [-0.4, -0.2) is 46.8 Å². The molecule has 1 N–H and O–H groups in total. The molecule has 4 nitrogen and oxygen atoms in total. The molecule has 5 heteroatoms. The van der Waals surface area contributed by atoms with Gasteiger partial charge < -0.3 is 9.84 Å². The molecule has 0 amide bonds. The van der Waals surface area contributed by atoms with Gasteiger partial charge in [-0.15, -0.1) is 0 Å². The lowest BCUT2D eigenvalue weighted by Gasteiger charge is -2.40. The summed E-state index contributed by atoms with van der Waals surface area (Å²) in [5.41, 5.74) is 3.24. The van der Waals surface area contributed by atoms with E-state index in [9.17, 15) is 5.11 Å². The maximum atomic E-state index is 10.6. The monoisotopic (exact) mass is 474 g/mol. The number of likely N-dealkylation sites (tertiary alicyclic amines) is 1. The van der Waals surface area contributed by atoms with Gasteiger partial charge in [-0.1, -0.05) is 49.6 Å². The number of aromatic nitrogens is 1. The Morgan fingerprint density at radius 3 is 2.26 bits per heavy atom. The third-order valence-electron chi connectivity index (χ3n) is 6.60. The van der Waals surface area contributed by atoms with Gasteiger partial charge >= 0.3 is 0 Å². The number of hydrogen-bond donors (Lipinski definition) is 1. The summed E-state index contributed by atoms with van der Waals surface area (Å²) < 4.78 is 5.92.